The van der Waals surface area contributed by atoms with Gasteiger partial charge in [0.2, 0.25) is 0 Å². The quantitative estimate of drug-likeness (QED) is 0.427. The lowest BCUT2D eigenvalue weighted by Gasteiger charge is -2.35. The molecule has 1 amide bonds. The first-order chi connectivity index (χ1) is 18.1. The monoisotopic (exact) mass is 502 g/mol. The number of halogens is 1. The van der Waals surface area contributed by atoms with Gasteiger partial charge in [-0.2, -0.15) is 0 Å². The molecule has 1 saturated heterocycles. The maximum Gasteiger partial charge on any atom is 0.299 e. The molecule has 1 saturated carbocycles. The molecule has 0 radical (unpaired) electrons. The van der Waals surface area contributed by atoms with E-state index >= 15 is 0 Å². The summed E-state index contributed by atoms with van der Waals surface area (Å²) in [5, 5.41) is 14.5. The zero-order valence-corrected chi connectivity index (χ0v) is 20.8. The predicted octanol–water partition coefficient (Wildman–Crippen LogP) is 4.18. The van der Waals surface area contributed by atoms with E-state index in [1.807, 2.05) is 0 Å². The highest BCUT2D eigenvalue weighted by Gasteiger charge is 2.24. The van der Waals surface area contributed by atoms with Crippen molar-refractivity contribution in [2.24, 2.45) is 5.92 Å². The van der Waals surface area contributed by atoms with E-state index in [9.17, 15) is 14.0 Å². The van der Waals surface area contributed by atoms with Crippen molar-refractivity contribution in [3.05, 3.63) is 64.2 Å². The fraction of sp³-hybridized carbons (Fsp3) is 0.429. The van der Waals surface area contributed by atoms with Gasteiger partial charge < -0.3 is 10.2 Å². The molecule has 2 fully saturated rings. The van der Waals surface area contributed by atoms with Crippen molar-refractivity contribution in [3.8, 4) is 5.69 Å². The number of carbonyl (C=O) groups excluding carboxylic acids is 1. The molecular weight excluding hydrogens is 471 g/mol. The fourth-order valence-electron chi connectivity index (χ4n) is 5.83. The summed E-state index contributed by atoms with van der Waals surface area (Å²) in [7, 11) is 0. The molecule has 1 aliphatic heterocycles. The Morgan fingerprint density at radius 2 is 1.70 bits per heavy atom. The molecule has 192 valence electrons. The van der Waals surface area contributed by atoms with Crippen LogP contribution in [0.4, 0.5) is 4.39 Å². The van der Waals surface area contributed by atoms with Crippen LogP contribution in [0.1, 0.15) is 55.3 Å². The van der Waals surface area contributed by atoms with Crippen LogP contribution in [-0.2, 0) is 0 Å². The lowest BCUT2D eigenvalue weighted by atomic mass is 9.88. The predicted molar refractivity (Wildman–Crippen MR) is 140 cm³/mol. The lowest BCUT2D eigenvalue weighted by Crippen LogP contribution is -2.45. The number of nitrogens with one attached hydrogen (secondary N) is 2. The van der Waals surface area contributed by atoms with Gasteiger partial charge >= 0.3 is 0 Å². The summed E-state index contributed by atoms with van der Waals surface area (Å²) < 4.78 is 15.4. The first kappa shape index (κ1) is 23.8. The van der Waals surface area contributed by atoms with Gasteiger partial charge in [0.15, 0.2) is 11.3 Å². The molecule has 2 aromatic carbocycles. The first-order valence-electron chi connectivity index (χ1n) is 13.3. The molecule has 0 bridgehead atoms. The molecule has 0 unspecified atom stereocenters. The van der Waals surface area contributed by atoms with Crippen LogP contribution < -0.4 is 10.9 Å². The number of aromatic amines is 1. The van der Waals surface area contributed by atoms with Crippen LogP contribution in [0.25, 0.3) is 27.6 Å². The van der Waals surface area contributed by atoms with Gasteiger partial charge in [0.05, 0.1) is 11.2 Å². The van der Waals surface area contributed by atoms with Crippen molar-refractivity contribution < 1.29 is 9.18 Å². The SMILES string of the molecule is O=C(NC1CCN(CC2CCCCC2)CC1)c1ccc(-n2[nH]c3c(nnc4c(F)cccc43)c2=O)cc1. The number of hydrogen-bond donors (Lipinski definition) is 2. The summed E-state index contributed by atoms with van der Waals surface area (Å²) in [4.78, 5) is 28.4. The van der Waals surface area contributed by atoms with Crippen molar-refractivity contribution in [3.63, 3.8) is 0 Å². The zero-order valence-electron chi connectivity index (χ0n) is 20.8. The van der Waals surface area contributed by atoms with Crippen LogP contribution in [0, 0.1) is 11.7 Å². The van der Waals surface area contributed by atoms with Gasteiger partial charge in [-0.15, -0.1) is 10.2 Å². The van der Waals surface area contributed by atoms with Gasteiger partial charge in [0, 0.05) is 36.6 Å². The summed E-state index contributed by atoms with van der Waals surface area (Å²) in [5.41, 5.74) is 1.38. The third kappa shape index (κ3) is 4.75. The van der Waals surface area contributed by atoms with E-state index in [1.54, 1.807) is 36.4 Å². The Hall–Kier alpha value is -3.59. The van der Waals surface area contributed by atoms with Gasteiger partial charge in [0.25, 0.3) is 11.5 Å². The van der Waals surface area contributed by atoms with Crippen LogP contribution in [0.3, 0.4) is 0 Å². The van der Waals surface area contributed by atoms with E-state index in [0.29, 0.717) is 22.2 Å². The number of likely N-dealkylation sites (tertiary alicyclic amines) is 1. The number of benzene rings is 2. The van der Waals surface area contributed by atoms with E-state index < -0.39 is 5.82 Å². The summed E-state index contributed by atoms with van der Waals surface area (Å²) in [6, 6.07) is 11.6. The molecule has 4 aromatic rings. The van der Waals surface area contributed by atoms with Gasteiger partial charge in [-0.1, -0.05) is 31.4 Å². The smallest absolute Gasteiger partial charge is 0.299 e. The normalized spacial score (nSPS) is 18.0. The standard InChI is InChI=1S/C28H31FN6O2/c29-23-8-4-7-22-24(23)31-32-26-25(22)33-35(28(26)37)21-11-9-19(10-12-21)27(36)30-20-13-15-34(16-14-20)17-18-5-2-1-3-6-18/h4,7-12,18,20,33H,1-3,5-6,13-17H2,(H,30,36). The molecule has 37 heavy (non-hydrogen) atoms. The number of aromatic nitrogens is 4. The van der Waals surface area contributed by atoms with Gasteiger partial charge in [-0.25, -0.2) is 9.07 Å². The number of piperidine rings is 1. The Morgan fingerprint density at radius 3 is 2.46 bits per heavy atom. The van der Waals surface area contributed by atoms with Gasteiger partial charge in [0.1, 0.15) is 5.52 Å². The van der Waals surface area contributed by atoms with E-state index in [0.717, 1.165) is 31.8 Å². The summed E-state index contributed by atoms with van der Waals surface area (Å²) >= 11 is 0. The third-order valence-corrected chi connectivity index (χ3v) is 7.92. The number of fused-ring (bicyclic) bond motifs is 3. The van der Waals surface area contributed by atoms with Crippen LogP contribution in [0.5, 0.6) is 0 Å². The van der Waals surface area contributed by atoms with Crippen LogP contribution >= 0.6 is 0 Å². The van der Waals surface area contributed by atoms with Crippen molar-refractivity contribution in [2.45, 2.75) is 51.0 Å². The van der Waals surface area contributed by atoms with Crippen molar-refractivity contribution in [1.29, 1.82) is 0 Å². The maximum atomic E-state index is 14.1. The fourth-order valence-corrected chi connectivity index (χ4v) is 5.83. The Kier molecular flexibility index (Phi) is 6.46. The Morgan fingerprint density at radius 1 is 0.973 bits per heavy atom. The molecule has 2 aromatic heterocycles. The van der Waals surface area contributed by atoms with Gasteiger partial charge in [-0.05, 0) is 61.9 Å². The minimum absolute atomic E-state index is 0.103. The number of hydrogen-bond acceptors (Lipinski definition) is 5. The second-order valence-electron chi connectivity index (χ2n) is 10.4. The van der Waals surface area contributed by atoms with Crippen molar-refractivity contribution in [1.82, 2.24) is 30.2 Å². The van der Waals surface area contributed by atoms with Gasteiger partial charge in [-0.3, -0.25) is 14.7 Å². The minimum atomic E-state index is -0.495. The second kappa shape index (κ2) is 10.0. The van der Waals surface area contributed by atoms with E-state index in [4.69, 9.17) is 0 Å². The topological polar surface area (TPSA) is 95.9 Å². The highest BCUT2D eigenvalue weighted by atomic mass is 19.1. The average molecular weight is 503 g/mol. The summed E-state index contributed by atoms with van der Waals surface area (Å²) in [6.07, 6.45) is 8.79. The molecule has 1 aliphatic carbocycles. The Bertz CT molecular complexity index is 1480. The number of amides is 1. The third-order valence-electron chi connectivity index (χ3n) is 7.92. The molecule has 0 atom stereocenters. The first-order valence-corrected chi connectivity index (χ1v) is 13.3. The lowest BCUT2D eigenvalue weighted by molar-refractivity contribution is 0.0901. The maximum absolute atomic E-state index is 14.1. The molecule has 2 N–H and O–H groups in total. The summed E-state index contributed by atoms with van der Waals surface area (Å²) in [5.74, 6) is 0.245. The summed E-state index contributed by atoms with van der Waals surface area (Å²) in [6.45, 7) is 3.27. The number of H-pyrrole nitrogens is 1. The van der Waals surface area contributed by atoms with E-state index in [2.05, 4.69) is 25.5 Å². The molecular formula is C28H31FN6O2. The van der Waals surface area contributed by atoms with Crippen LogP contribution in [0.2, 0.25) is 0 Å². The molecule has 6 rings (SSSR count). The van der Waals surface area contributed by atoms with Crippen LogP contribution in [0.15, 0.2) is 47.3 Å². The minimum Gasteiger partial charge on any atom is -0.349 e. The van der Waals surface area contributed by atoms with Crippen LogP contribution in [-0.4, -0.2) is 56.5 Å². The number of carbonyl (C=O) groups is 1. The molecule has 2 aliphatic rings. The molecule has 3 heterocycles. The molecule has 9 heteroatoms. The average Bonchev–Trinajstić information content (AvgIpc) is 3.27. The Balaban J connectivity index is 1.12. The van der Waals surface area contributed by atoms with E-state index in [-0.39, 0.29) is 28.5 Å². The molecule has 0 spiro atoms. The second-order valence-corrected chi connectivity index (χ2v) is 10.4. The van der Waals surface area contributed by atoms with E-state index in [1.165, 1.54) is 49.4 Å². The highest BCUT2D eigenvalue weighted by Crippen LogP contribution is 2.26. The highest BCUT2D eigenvalue weighted by molar-refractivity contribution is 6.01. The Labute approximate surface area is 213 Å². The number of nitrogens with zero attached hydrogens (tertiary/aromatic N) is 4. The number of rotatable bonds is 5. The van der Waals surface area contributed by atoms with Crippen molar-refractivity contribution >= 4 is 27.8 Å². The van der Waals surface area contributed by atoms with Crippen molar-refractivity contribution in [2.75, 3.05) is 19.6 Å². The largest absolute Gasteiger partial charge is 0.349 e. The zero-order chi connectivity index (χ0) is 25.4. The molecule has 8 nitrogen and oxygen atoms in total.